The standard InChI is InChI=1S/C10H18N4O/c1-8-12-7-9(13-8)10(15)11-5-4-6-14(2)3/h7H,4-6H2,1-3H3,(H,11,15)(H,12,13). The summed E-state index contributed by atoms with van der Waals surface area (Å²) in [5.74, 6) is 0.669. The molecule has 5 heteroatoms. The van der Waals surface area contributed by atoms with Gasteiger partial charge in [0, 0.05) is 6.54 Å². The predicted molar refractivity (Wildman–Crippen MR) is 58.8 cm³/mol. The van der Waals surface area contributed by atoms with Gasteiger partial charge in [-0.1, -0.05) is 0 Å². The van der Waals surface area contributed by atoms with Crippen LogP contribution in [0.3, 0.4) is 0 Å². The number of amides is 1. The Kier molecular flexibility index (Phi) is 4.30. The topological polar surface area (TPSA) is 61.0 Å². The third-order valence-corrected chi connectivity index (χ3v) is 2.02. The molecule has 1 aromatic heterocycles. The molecule has 0 saturated carbocycles. The molecule has 5 nitrogen and oxygen atoms in total. The molecule has 1 heterocycles. The first-order chi connectivity index (χ1) is 7.09. The molecule has 0 fully saturated rings. The van der Waals surface area contributed by atoms with Gasteiger partial charge in [0.2, 0.25) is 0 Å². The molecule has 0 unspecified atom stereocenters. The van der Waals surface area contributed by atoms with Gasteiger partial charge in [0.15, 0.2) is 0 Å². The van der Waals surface area contributed by atoms with Crippen LogP contribution in [-0.4, -0.2) is 48.0 Å². The Balaban J connectivity index is 2.25. The predicted octanol–water partition coefficient (Wildman–Crippen LogP) is 0.400. The number of rotatable bonds is 5. The van der Waals surface area contributed by atoms with Crippen molar-refractivity contribution in [2.24, 2.45) is 0 Å². The fourth-order valence-electron chi connectivity index (χ4n) is 1.23. The second-order valence-corrected chi connectivity index (χ2v) is 3.80. The van der Waals surface area contributed by atoms with Crippen molar-refractivity contribution in [1.82, 2.24) is 20.2 Å². The van der Waals surface area contributed by atoms with E-state index in [9.17, 15) is 4.79 Å². The van der Waals surface area contributed by atoms with E-state index < -0.39 is 0 Å². The van der Waals surface area contributed by atoms with E-state index in [0.29, 0.717) is 12.2 Å². The van der Waals surface area contributed by atoms with Gasteiger partial charge in [-0.05, 0) is 34.0 Å². The number of hydrogen-bond donors (Lipinski definition) is 2. The zero-order chi connectivity index (χ0) is 11.3. The highest BCUT2D eigenvalue weighted by atomic mass is 16.1. The van der Waals surface area contributed by atoms with Crippen molar-refractivity contribution in [2.75, 3.05) is 27.2 Å². The highest BCUT2D eigenvalue weighted by molar-refractivity contribution is 5.92. The largest absolute Gasteiger partial charge is 0.351 e. The van der Waals surface area contributed by atoms with E-state index in [0.717, 1.165) is 18.8 Å². The lowest BCUT2D eigenvalue weighted by molar-refractivity contribution is 0.0947. The van der Waals surface area contributed by atoms with Crippen LogP contribution in [0.15, 0.2) is 6.20 Å². The molecular formula is C10H18N4O. The Morgan fingerprint density at radius 1 is 1.60 bits per heavy atom. The fourth-order valence-corrected chi connectivity index (χ4v) is 1.23. The molecule has 0 aliphatic rings. The maximum Gasteiger partial charge on any atom is 0.269 e. The quantitative estimate of drug-likeness (QED) is 0.691. The van der Waals surface area contributed by atoms with Gasteiger partial charge >= 0.3 is 0 Å². The molecule has 0 aromatic carbocycles. The number of aryl methyl sites for hydroxylation is 1. The maximum absolute atomic E-state index is 11.5. The lowest BCUT2D eigenvalue weighted by Gasteiger charge is -2.09. The molecule has 1 aromatic rings. The van der Waals surface area contributed by atoms with Gasteiger partial charge in [-0.3, -0.25) is 4.79 Å². The van der Waals surface area contributed by atoms with Crippen LogP contribution in [0.2, 0.25) is 0 Å². The smallest absolute Gasteiger partial charge is 0.269 e. The number of aromatic amines is 1. The SMILES string of the molecule is Cc1ncc(C(=O)NCCCN(C)C)[nH]1. The van der Waals surface area contributed by atoms with Crippen LogP contribution in [0.25, 0.3) is 0 Å². The van der Waals surface area contributed by atoms with Crippen molar-refractivity contribution in [3.63, 3.8) is 0 Å². The number of carbonyl (C=O) groups excluding carboxylic acids is 1. The summed E-state index contributed by atoms with van der Waals surface area (Å²) < 4.78 is 0. The second kappa shape index (κ2) is 5.50. The number of nitrogens with zero attached hydrogens (tertiary/aromatic N) is 2. The summed E-state index contributed by atoms with van der Waals surface area (Å²) in [6.07, 6.45) is 2.50. The summed E-state index contributed by atoms with van der Waals surface area (Å²) in [4.78, 5) is 20.5. The van der Waals surface area contributed by atoms with E-state index in [2.05, 4.69) is 20.2 Å². The molecule has 0 saturated heterocycles. The van der Waals surface area contributed by atoms with Gasteiger partial charge < -0.3 is 15.2 Å². The van der Waals surface area contributed by atoms with E-state index in [1.807, 2.05) is 21.0 Å². The van der Waals surface area contributed by atoms with Crippen LogP contribution in [0.1, 0.15) is 22.7 Å². The van der Waals surface area contributed by atoms with Crippen LogP contribution in [0.4, 0.5) is 0 Å². The molecule has 0 bridgehead atoms. The summed E-state index contributed by atoms with van der Waals surface area (Å²) in [7, 11) is 4.03. The van der Waals surface area contributed by atoms with E-state index in [-0.39, 0.29) is 5.91 Å². The Hall–Kier alpha value is -1.36. The van der Waals surface area contributed by atoms with Crippen molar-refractivity contribution in [3.05, 3.63) is 17.7 Å². The molecule has 1 amide bonds. The van der Waals surface area contributed by atoms with E-state index >= 15 is 0 Å². The zero-order valence-corrected chi connectivity index (χ0v) is 9.50. The third kappa shape index (κ3) is 4.12. The molecular weight excluding hydrogens is 192 g/mol. The number of nitrogens with one attached hydrogen (secondary N) is 2. The minimum Gasteiger partial charge on any atom is -0.351 e. The maximum atomic E-state index is 11.5. The van der Waals surface area contributed by atoms with Crippen molar-refractivity contribution < 1.29 is 4.79 Å². The number of aromatic nitrogens is 2. The summed E-state index contributed by atoms with van der Waals surface area (Å²) in [5, 5.41) is 2.83. The molecule has 0 spiro atoms. The van der Waals surface area contributed by atoms with Crippen molar-refractivity contribution in [3.8, 4) is 0 Å². The van der Waals surface area contributed by atoms with Crippen molar-refractivity contribution >= 4 is 5.91 Å². The Morgan fingerprint density at radius 2 is 2.33 bits per heavy atom. The molecule has 1 rings (SSSR count). The molecule has 0 radical (unpaired) electrons. The normalized spacial score (nSPS) is 10.7. The number of imidazole rings is 1. The molecule has 84 valence electrons. The molecule has 2 N–H and O–H groups in total. The average molecular weight is 210 g/mol. The summed E-state index contributed by atoms with van der Waals surface area (Å²) >= 11 is 0. The lowest BCUT2D eigenvalue weighted by Crippen LogP contribution is -2.27. The number of carbonyl (C=O) groups is 1. The van der Waals surface area contributed by atoms with Crippen LogP contribution in [0.5, 0.6) is 0 Å². The van der Waals surface area contributed by atoms with Crippen molar-refractivity contribution in [2.45, 2.75) is 13.3 Å². The highest BCUT2D eigenvalue weighted by Gasteiger charge is 2.06. The minimum atomic E-state index is -0.0886. The third-order valence-electron chi connectivity index (χ3n) is 2.02. The average Bonchev–Trinajstić information content (AvgIpc) is 2.59. The van der Waals surface area contributed by atoms with Gasteiger partial charge in [-0.15, -0.1) is 0 Å². The fraction of sp³-hybridized carbons (Fsp3) is 0.600. The van der Waals surface area contributed by atoms with Crippen molar-refractivity contribution in [1.29, 1.82) is 0 Å². The van der Waals surface area contributed by atoms with Gasteiger partial charge in [0.25, 0.3) is 5.91 Å². The first-order valence-electron chi connectivity index (χ1n) is 5.04. The van der Waals surface area contributed by atoms with Crippen LogP contribution in [-0.2, 0) is 0 Å². The lowest BCUT2D eigenvalue weighted by atomic mass is 10.3. The molecule has 0 aliphatic carbocycles. The van der Waals surface area contributed by atoms with Crippen LogP contribution < -0.4 is 5.32 Å². The van der Waals surface area contributed by atoms with E-state index in [1.54, 1.807) is 6.20 Å². The molecule has 0 aliphatic heterocycles. The van der Waals surface area contributed by atoms with Crippen LogP contribution >= 0.6 is 0 Å². The van der Waals surface area contributed by atoms with Crippen LogP contribution in [0, 0.1) is 6.92 Å². The number of hydrogen-bond acceptors (Lipinski definition) is 3. The van der Waals surface area contributed by atoms with E-state index in [4.69, 9.17) is 0 Å². The first kappa shape index (κ1) is 11.7. The van der Waals surface area contributed by atoms with Gasteiger partial charge in [0.05, 0.1) is 6.20 Å². The monoisotopic (exact) mass is 210 g/mol. The van der Waals surface area contributed by atoms with E-state index in [1.165, 1.54) is 0 Å². The van der Waals surface area contributed by atoms with Gasteiger partial charge in [-0.2, -0.15) is 0 Å². The Bertz CT molecular complexity index is 319. The Morgan fingerprint density at radius 3 is 2.87 bits per heavy atom. The molecule has 15 heavy (non-hydrogen) atoms. The first-order valence-corrected chi connectivity index (χ1v) is 5.04. The zero-order valence-electron chi connectivity index (χ0n) is 9.50. The summed E-state index contributed by atoms with van der Waals surface area (Å²) in [6.45, 7) is 3.49. The van der Waals surface area contributed by atoms with Gasteiger partial charge in [-0.25, -0.2) is 4.98 Å². The second-order valence-electron chi connectivity index (χ2n) is 3.80. The summed E-state index contributed by atoms with van der Waals surface area (Å²) in [6, 6.07) is 0. The summed E-state index contributed by atoms with van der Waals surface area (Å²) in [5.41, 5.74) is 0.525. The highest BCUT2D eigenvalue weighted by Crippen LogP contribution is 1.95. The van der Waals surface area contributed by atoms with Gasteiger partial charge in [0.1, 0.15) is 11.5 Å². The Labute approximate surface area is 89.9 Å². The number of H-pyrrole nitrogens is 1. The molecule has 0 atom stereocenters. The minimum absolute atomic E-state index is 0.0886.